The van der Waals surface area contributed by atoms with Gasteiger partial charge in [-0.15, -0.1) is 0 Å². The van der Waals surface area contributed by atoms with E-state index in [1.807, 2.05) is 19.2 Å². The van der Waals surface area contributed by atoms with Crippen LogP contribution < -0.4 is 5.32 Å². The largest absolute Gasteiger partial charge is 0.377 e. The van der Waals surface area contributed by atoms with Crippen LogP contribution in [0.15, 0.2) is 18.2 Å². The number of halogens is 2. The second-order valence-electron chi connectivity index (χ2n) is 5.58. The maximum absolute atomic E-state index is 6.11. The van der Waals surface area contributed by atoms with Gasteiger partial charge < -0.3 is 10.1 Å². The highest BCUT2D eigenvalue weighted by Gasteiger charge is 2.44. The van der Waals surface area contributed by atoms with Gasteiger partial charge in [-0.2, -0.15) is 0 Å². The molecule has 112 valence electrons. The van der Waals surface area contributed by atoms with Gasteiger partial charge in [0, 0.05) is 13.2 Å². The fraction of sp³-hybridized carbons (Fsp3) is 0.625. The number of ether oxygens (including phenoxy) is 1. The molecule has 1 aromatic rings. The Kier molecular flexibility index (Phi) is 5.74. The van der Waals surface area contributed by atoms with Crippen LogP contribution in [0.4, 0.5) is 0 Å². The SMILES string of the molecule is CCCNC(Cc1ccc(Cl)c(Cl)c1)C1(OC)CCC1. The summed E-state index contributed by atoms with van der Waals surface area (Å²) in [4.78, 5) is 0. The van der Waals surface area contributed by atoms with Gasteiger partial charge >= 0.3 is 0 Å². The molecule has 2 rings (SSSR count). The van der Waals surface area contributed by atoms with Crippen molar-refractivity contribution in [3.05, 3.63) is 33.8 Å². The van der Waals surface area contributed by atoms with E-state index in [0.717, 1.165) is 32.2 Å². The van der Waals surface area contributed by atoms with E-state index in [0.29, 0.717) is 16.1 Å². The molecule has 0 heterocycles. The summed E-state index contributed by atoms with van der Waals surface area (Å²) < 4.78 is 5.84. The quantitative estimate of drug-likeness (QED) is 0.801. The lowest BCUT2D eigenvalue weighted by Crippen LogP contribution is -2.57. The summed E-state index contributed by atoms with van der Waals surface area (Å²) in [6.07, 6.45) is 5.56. The summed E-state index contributed by atoms with van der Waals surface area (Å²) in [5, 5.41) is 4.88. The Hall–Kier alpha value is -0.280. The zero-order valence-electron chi connectivity index (χ0n) is 12.2. The summed E-state index contributed by atoms with van der Waals surface area (Å²) in [6.45, 7) is 3.20. The van der Waals surface area contributed by atoms with E-state index in [4.69, 9.17) is 27.9 Å². The van der Waals surface area contributed by atoms with Crippen LogP contribution in [-0.4, -0.2) is 25.3 Å². The molecule has 0 aromatic heterocycles. The fourth-order valence-electron chi connectivity index (χ4n) is 2.89. The number of benzene rings is 1. The molecule has 1 aromatic carbocycles. The van der Waals surface area contributed by atoms with E-state index < -0.39 is 0 Å². The van der Waals surface area contributed by atoms with Gasteiger partial charge in [-0.25, -0.2) is 0 Å². The number of hydrogen-bond donors (Lipinski definition) is 1. The monoisotopic (exact) mass is 315 g/mol. The lowest BCUT2D eigenvalue weighted by Gasteiger charge is -2.47. The smallest absolute Gasteiger partial charge is 0.0834 e. The first-order valence-electron chi connectivity index (χ1n) is 7.34. The zero-order chi connectivity index (χ0) is 14.6. The molecule has 1 fully saturated rings. The van der Waals surface area contributed by atoms with Crippen LogP contribution in [0.5, 0.6) is 0 Å². The molecular formula is C16H23Cl2NO. The molecule has 1 unspecified atom stereocenters. The summed E-state index contributed by atoms with van der Waals surface area (Å²) in [6, 6.07) is 6.22. The van der Waals surface area contributed by atoms with Gasteiger partial charge in [-0.05, 0) is 56.3 Å². The fourth-order valence-corrected chi connectivity index (χ4v) is 3.21. The summed E-state index contributed by atoms with van der Waals surface area (Å²) >= 11 is 12.1. The Morgan fingerprint density at radius 2 is 2.05 bits per heavy atom. The van der Waals surface area contributed by atoms with Gasteiger partial charge in [0.15, 0.2) is 0 Å². The number of methoxy groups -OCH3 is 1. The predicted molar refractivity (Wildman–Crippen MR) is 85.8 cm³/mol. The average Bonchev–Trinajstić information content (AvgIpc) is 2.39. The summed E-state index contributed by atoms with van der Waals surface area (Å²) in [5.74, 6) is 0. The number of nitrogens with one attached hydrogen (secondary N) is 1. The maximum Gasteiger partial charge on any atom is 0.0834 e. The molecule has 1 aliphatic carbocycles. The minimum absolute atomic E-state index is 0.0126. The molecular weight excluding hydrogens is 293 g/mol. The molecule has 0 spiro atoms. The van der Waals surface area contributed by atoms with Crippen LogP contribution in [-0.2, 0) is 11.2 Å². The number of hydrogen-bond acceptors (Lipinski definition) is 2. The van der Waals surface area contributed by atoms with Crippen LogP contribution in [0, 0.1) is 0 Å². The maximum atomic E-state index is 6.11. The second kappa shape index (κ2) is 7.13. The molecule has 2 nitrogen and oxygen atoms in total. The second-order valence-corrected chi connectivity index (χ2v) is 6.40. The standard InChI is InChI=1S/C16H23Cl2NO/c1-3-9-19-15(16(20-2)7-4-8-16)11-12-5-6-13(17)14(18)10-12/h5-6,10,15,19H,3-4,7-9,11H2,1-2H3. The van der Waals surface area contributed by atoms with Crippen LogP contribution in [0.3, 0.4) is 0 Å². The van der Waals surface area contributed by atoms with Gasteiger partial charge in [-0.3, -0.25) is 0 Å². The first-order chi connectivity index (χ1) is 9.61. The van der Waals surface area contributed by atoms with Gasteiger partial charge in [0.1, 0.15) is 0 Å². The molecule has 0 radical (unpaired) electrons. The summed E-state index contributed by atoms with van der Waals surface area (Å²) in [7, 11) is 1.83. The molecule has 20 heavy (non-hydrogen) atoms. The van der Waals surface area contributed by atoms with Crippen LogP contribution in [0.1, 0.15) is 38.2 Å². The average molecular weight is 316 g/mol. The molecule has 0 amide bonds. The Labute approximate surface area is 131 Å². The predicted octanol–water partition coefficient (Wildman–Crippen LogP) is 4.47. The van der Waals surface area contributed by atoms with Gasteiger partial charge in [0.05, 0.1) is 15.6 Å². The first kappa shape index (κ1) is 16.1. The molecule has 1 atom stereocenters. The first-order valence-corrected chi connectivity index (χ1v) is 8.09. The lowest BCUT2D eigenvalue weighted by molar-refractivity contribution is -0.0980. The van der Waals surface area contributed by atoms with E-state index in [-0.39, 0.29) is 5.60 Å². The van der Waals surface area contributed by atoms with E-state index in [9.17, 15) is 0 Å². The highest BCUT2D eigenvalue weighted by Crippen LogP contribution is 2.39. The lowest BCUT2D eigenvalue weighted by atomic mass is 9.72. The Balaban J connectivity index is 2.12. The van der Waals surface area contributed by atoms with Crippen molar-refractivity contribution >= 4 is 23.2 Å². The van der Waals surface area contributed by atoms with Crippen molar-refractivity contribution < 1.29 is 4.74 Å². The van der Waals surface area contributed by atoms with E-state index in [1.165, 1.54) is 12.0 Å². The van der Waals surface area contributed by atoms with Crippen LogP contribution >= 0.6 is 23.2 Å². The van der Waals surface area contributed by atoms with E-state index >= 15 is 0 Å². The normalized spacial score (nSPS) is 18.6. The summed E-state index contributed by atoms with van der Waals surface area (Å²) in [5.41, 5.74) is 1.19. The zero-order valence-corrected chi connectivity index (χ0v) is 13.7. The minimum atomic E-state index is -0.0126. The van der Waals surface area contributed by atoms with Crippen molar-refractivity contribution in [2.24, 2.45) is 0 Å². The van der Waals surface area contributed by atoms with Crippen molar-refractivity contribution in [2.75, 3.05) is 13.7 Å². The third kappa shape index (κ3) is 3.48. The van der Waals surface area contributed by atoms with Crippen molar-refractivity contribution in [3.63, 3.8) is 0 Å². The third-order valence-corrected chi connectivity index (χ3v) is 5.05. The van der Waals surface area contributed by atoms with Crippen molar-refractivity contribution in [1.29, 1.82) is 0 Å². The van der Waals surface area contributed by atoms with E-state index in [1.54, 1.807) is 0 Å². The van der Waals surface area contributed by atoms with Crippen LogP contribution in [0.25, 0.3) is 0 Å². The van der Waals surface area contributed by atoms with Gasteiger partial charge in [0.25, 0.3) is 0 Å². The third-order valence-electron chi connectivity index (χ3n) is 4.31. The van der Waals surface area contributed by atoms with Crippen LogP contribution in [0.2, 0.25) is 10.0 Å². The molecule has 0 aliphatic heterocycles. The Bertz CT molecular complexity index is 441. The molecule has 1 aliphatic rings. The van der Waals surface area contributed by atoms with Gasteiger partial charge in [0.2, 0.25) is 0 Å². The van der Waals surface area contributed by atoms with Gasteiger partial charge in [-0.1, -0.05) is 36.2 Å². The van der Waals surface area contributed by atoms with Crippen molar-refractivity contribution in [1.82, 2.24) is 5.32 Å². The van der Waals surface area contributed by atoms with Crippen molar-refractivity contribution in [2.45, 2.75) is 50.7 Å². The molecule has 0 saturated heterocycles. The van der Waals surface area contributed by atoms with E-state index in [2.05, 4.69) is 18.3 Å². The molecule has 1 N–H and O–H groups in total. The molecule has 4 heteroatoms. The minimum Gasteiger partial charge on any atom is -0.377 e. The number of rotatable bonds is 7. The topological polar surface area (TPSA) is 21.3 Å². The highest BCUT2D eigenvalue weighted by atomic mass is 35.5. The molecule has 0 bridgehead atoms. The van der Waals surface area contributed by atoms with Crippen molar-refractivity contribution in [3.8, 4) is 0 Å². The molecule has 1 saturated carbocycles. The Morgan fingerprint density at radius 3 is 2.55 bits per heavy atom. The Morgan fingerprint density at radius 1 is 1.30 bits per heavy atom. The highest BCUT2D eigenvalue weighted by molar-refractivity contribution is 6.42.